The van der Waals surface area contributed by atoms with Crippen LogP contribution in [-0.2, 0) is 19.1 Å². The fraction of sp³-hybridized carbons (Fsp3) is 0.381. The SMILES string of the molecule is C[C@H](CC(=O)CC(CCOS(C)(=O)=O)c1ccccc1)c1ccc(Br)cc1. The Labute approximate surface area is 170 Å². The average Bonchev–Trinajstić information content (AvgIpc) is 2.61. The second-order valence-corrected chi connectivity index (χ2v) is 9.38. The minimum atomic E-state index is -3.48. The fourth-order valence-corrected chi connectivity index (χ4v) is 3.73. The lowest BCUT2D eigenvalue weighted by Crippen LogP contribution is -2.13. The Kier molecular flexibility index (Phi) is 8.20. The van der Waals surface area contributed by atoms with Gasteiger partial charge in [0, 0.05) is 17.3 Å². The van der Waals surface area contributed by atoms with Gasteiger partial charge in [0.2, 0.25) is 0 Å². The van der Waals surface area contributed by atoms with Crippen molar-refractivity contribution in [3.8, 4) is 0 Å². The Balaban J connectivity index is 2.00. The molecule has 0 spiro atoms. The van der Waals surface area contributed by atoms with Gasteiger partial charge in [-0.3, -0.25) is 8.98 Å². The van der Waals surface area contributed by atoms with Crippen LogP contribution >= 0.6 is 15.9 Å². The zero-order chi connectivity index (χ0) is 19.9. The standard InChI is InChI=1S/C21H25BrO4S/c1-16(17-8-10-20(22)11-9-17)14-21(23)15-19(12-13-26-27(2,24)25)18-6-4-3-5-7-18/h3-11,16,19H,12-15H2,1-2H3/t16-,19?/m1/s1. The number of ketones is 1. The molecule has 0 fully saturated rings. The number of hydrogen-bond acceptors (Lipinski definition) is 4. The molecule has 0 saturated heterocycles. The first-order valence-electron chi connectivity index (χ1n) is 8.91. The number of carbonyl (C=O) groups excluding carboxylic acids is 1. The number of halogens is 1. The third-order valence-corrected chi connectivity index (χ3v) is 5.61. The second-order valence-electron chi connectivity index (χ2n) is 6.82. The monoisotopic (exact) mass is 452 g/mol. The third-order valence-electron chi connectivity index (χ3n) is 4.48. The van der Waals surface area contributed by atoms with Gasteiger partial charge in [-0.2, -0.15) is 8.42 Å². The van der Waals surface area contributed by atoms with Gasteiger partial charge in [-0.05, 0) is 41.5 Å². The highest BCUT2D eigenvalue weighted by Crippen LogP contribution is 2.28. The van der Waals surface area contributed by atoms with E-state index in [1.807, 2.05) is 61.5 Å². The molecular weight excluding hydrogens is 428 g/mol. The lowest BCUT2D eigenvalue weighted by atomic mass is 9.87. The van der Waals surface area contributed by atoms with Gasteiger partial charge in [0.25, 0.3) is 10.1 Å². The van der Waals surface area contributed by atoms with Gasteiger partial charge in [-0.25, -0.2) is 0 Å². The molecule has 0 radical (unpaired) electrons. The first kappa shape index (κ1) is 21.8. The summed E-state index contributed by atoms with van der Waals surface area (Å²) >= 11 is 3.42. The molecule has 0 heterocycles. The number of rotatable bonds is 10. The smallest absolute Gasteiger partial charge is 0.264 e. The predicted molar refractivity (Wildman–Crippen MR) is 111 cm³/mol. The van der Waals surface area contributed by atoms with Crippen LogP contribution in [0.15, 0.2) is 59.1 Å². The highest BCUT2D eigenvalue weighted by Gasteiger charge is 2.19. The molecule has 0 bridgehead atoms. The van der Waals surface area contributed by atoms with Gasteiger partial charge in [-0.1, -0.05) is 65.3 Å². The molecule has 2 aromatic carbocycles. The van der Waals surface area contributed by atoms with E-state index < -0.39 is 10.1 Å². The number of carbonyl (C=O) groups is 1. The molecule has 2 atom stereocenters. The summed E-state index contributed by atoms with van der Waals surface area (Å²) in [6, 6.07) is 17.7. The Morgan fingerprint density at radius 2 is 1.63 bits per heavy atom. The summed E-state index contributed by atoms with van der Waals surface area (Å²) in [5, 5.41) is 0. The second kappa shape index (κ2) is 10.2. The van der Waals surface area contributed by atoms with Gasteiger partial charge < -0.3 is 0 Å². The normalized spacial score (nSPS) is 13.9. The lowest BCUT2D eigenvalue weighted by molar-refractivity contribution is -0.119. The number of benzene rings is 2. The summed E-state index contributed by atoms with van der Waals surface area (Å²) in [5.41, 5.74) is 2.16. The molecule has 0 saturated carbocycles. The molecule has 2 rings (SSSR count). The van der Waals surface area contributed by atoms with E-state index in [1.54, 1.807) is 0 Å². The Bertz CT molecular complexity index is 832. The van der Waals surface area contributed by atoms with Crippen molar-refractivity contribution in [2.45, 2.75) is 38.0 Å². The molecule has 146 valence electrons. The van der Waals surface area contributed by atoms with Crippen LogP contribution in [0.2, 0.25) is 0 Å². The minimum Gasteiger partial charge on any atom is -0.300 e. The first-order chi connectivity index (χ1) is 12.7. The summed E-state index contributed by atoms with van der Waals surface area (Å²) in [7, 11) is -3.48. The molecule has 0 aliphatic carbocycles. The third kappa shape index (κ3) is 7.95. The van der Waals surface area contributed by atoms with Crippen molar-refractivity contribution in [2.75, 3.05) is 12.9 Å². The van der Waals surface area contributed by atoms with Gasteiger partial charge in [0.05, 0.1) is 12.9 Å². The van der Waals surface area contributed by atoms with Crippen LogP contribution in [0, 0.1) is 0 Å². The lowest BCUT2D eigenvalue weighted by Gasteiger charge is -2.18. The average molecular weight is 453 g/mol. The van der Waals surface area contributed by atoms with Crippen LogP contribution in [0.1, 0.15) is 49.1 Å². The topological polar surface area (TPSA) is 60.4 Å². The van der Waals surface area contributed by atoms with E-state index in [0.717, 1.165) is 21.9 Å². The maximum absolute atomic E-state index is 12.7. The summed E-state index contributed by atoms with van der Waals surface area (Å²) in [5.74, 6) is 0.241. The Morgan fingerprint density at radius 1 is 1.00 bits per heavy atom. The maximum atomic E-state index is 12.7. The molecule has 0 aliphatic heterocycles. The van der Waals surface area contributed by atoms with E-state index in [2.05, 4.69) is 15.9 Å². The van der Waals surface area contributed by atoms with Gasteiger partial charge in [0.15, 0.2) is 0 Å². The van der Waals surface area contributed by atoms with Crippen molar-refractivity contribution < 1.29 is 17.4 Å². The van der Waals surface area contributed by atoms with E-state index in [4.69, 9.17) is 4.18 Å². The Hall–Kier alpha value is -1.50. The van der Waals surface area contributed by atoms with Crippen molar-refractivity contribution in [1.29, 1.82) is 0 Å². The molecule has 0 amide bonds. The Morgan fingerprint density at radius 3 is 2.22 bits per heavy atom. The van der Waals surface area contributed by atoms with Crippen molar-refractivity contribution in [2.24, 2.45) is 0 Å². The quantitative estimate of drug-likeness (QED) is 0.473. The molecule has 6 heteroatoms. The molecule has 0 aliphatic rings. The van der Waals surface area contributed by atoms with Crippen LogP contribution in [0.25, 0.3) is 0 Å². The van der Waals surface area contributed by atoms with Crippen molar-refractivity contribution >= 4 is 31.8 Å². The van der Waals surface area contributed by atoms with Crippen molar-refractivity contribution in [3.05, 3.63) is 70.2 Å². The molecule has 1 unspecified atom stereocenters. The van der Waals surface area contributed by atoms with Crippen LogP contribution in [-0.4, -0.2) is 27.1 Å². The van der Waals surface area contributed by atoms with E-state index in [-0.39, 0.29) is 24.2 Å². The summed E-state index contributed by atoms with van der Waals surface area (Å²) < 4.78 is 28.3. The van der Waals surface area contributed by atoms with Crippen LogP contribution in [0.5, 0.6) is 0 Å². The minimum absolute atomic E-state index is 0.0578. The van der Waals surface area contributed by atoms with Crippen LogP contribution in [0.3, 0.4) is 0 Å². The molecule has 2 aromatic rings. The zero-order valence-electron chi connectivity index (χ0n) is 15.6. The molecule has 0 aromatic heterocycles. The van der Waals surface area contributed by atoms with Crippen molar-refractivity contribution in [1.82, 2.24) is 0 Å². The highest BCUT2D eigenvalue weighted by molar-refractivity contribution is 9.10. The molecular formula is C21H25BrO4S. The predicted octanol–water partition coefficient (Wildman–Crippen LogP) is 5.05. The first-order valence-corrected chi connectivity index (χ1v) is 11.5. The number of hydrogen-bond donors (Lipinski definition) is 0. The zero-order valence-corrected chi connectivity index (χ0v) is 18.0. The van der Waals surface area contributed by atoms with Gasteiger partial charge >= 0.3 is 0 Å². The summed E-state index contributed by atoms with van der Waals surface area (Å²) in [6.45, 7) is 2.12. The van der Waals surface area contributed by atoms with Crippen LogP contribution < -0.4 is 0 Å². The summed E-state index contributed by atoms with van der Waals surface area (Å²) in [6.07, 6.45) is 2.35. The van der Waals surface area contributed by atoms with Gasteiger partial charge in [-0.15, -0.1) is 0 Å². The van der Waals surface area contributed by atoms with E-state index in [0.29, 0.717) is 19.3 Å². The van der Waals surface area contributed by atoms with E-state index in [1.165, 1.54) is 0 Å². The fourth-order valence-electron chi connectivity index (χ4n) is 3.06. The van der Waals surface area contributed by atoms with E-state index in [9.17, 15) is 13.2 Å². The van der Waals surface area contributed by atoms with E-state index >= 15 is 0 Å². The molecule has 27 heavy (non-hydrogen) atoms. The van der Waals surface area contributed by atoms with Crippen molar-refractivity contribution in [3.63, 3.8) is 0 Å². The number of Topliss-reactive ketones (excluding diaryl/α,β-unsaturated/α-hetero) is 1. The maximum Gasteiger partial charge on any atom is 0.264 e. The van der Waals surface area contributed by atoms with Gasteiger partial charge in [0.1, 0.15) is 5.78 Å². The highest BCUT2D eigenvalue weighted by atomic mass is 79.9. The summed E-state index contributed by atoms with van der Waals surface area (Å²) in [4.78, 5) is 12.7. The molecule has 4 nitrogen and oxygen atoms in total. The largest absolute Gasteiger partial charge is 0.300 e. The van der Waals surface area contributed by atoms with Crippen LogP contribution in [0.4, 0.5) is 0 Å². The molecule has 0 N–H and O–H groups in total.